The monoisotopic (exact) mass is 272 g/mol. The highest BCUT2D eigenvalue weighted by Crippen LogP contribution is 2.32. The molecule has 96 valence electrons. The van der Waals surface area contributed by atoms with Crippen molar-refractivity contribution in [2.24, 2.45) is 5.73 Å². The Labute approximate surface area is 114 Å². The minimum atomic E-state index is -0.205. The largest absolute Gasteiger partial charge is 0.323 e. The zero-order valence-electron chi connectivity index (χ0n) is 10.4. The summed E-state index contributed by atoms with van der Waals surface area (Å²) in [6.45, 7) is 1.90. The van der Waals surface area contributed by atoms with Crippen LogP contribution in [0.15, 0.2) is 41.8 Å². The number of hydrogen-bond acceptors (Lipinski definition) is 3. The summed E-state index contributed by atoms with van der Waals surface area (Å²) in [5.74, 6) is -0.205. The van der Waals surface area contributed by atoms with Gasteiger partial charge in [0.15, 0.2) is 0 Å². The Bertz CT molecular complexity index is 734. The van der Waals surface area contributed by atoms with Gasteiger partial charge in [0.25, 0.3) is 0 Å². The Morgan fingerprint density at radius 2 is 1.89 bits per heavy atom. The first-order chi connectivity index (χ1) is 9.16. The summed E-state index contributed by atoms with van der Waals surface area (Å²) < 4.78 is 13.8. The average molecular weight is 272 g/mol. The van der Waals surface area contributed by atoms with E-state index in [1.807, 2.05) is 30.5 Å². The maximum absolute atomic E-state index is 13.8. The summed E-state index contributed by atoms with van der Waals surface area (Å²) in [6.07, 6.45) is 0. The molecule has 1 atom stereocenters. The fourth-order valence-electron chi connectivity index (χ4n) is 2.07. The number of halogens is 1. The predicted octanol–water partition coefficient (Wildman–Crippen LogP) is 4.12. The number of rotatable bonds is 2. The van der Waals surface area contributed by atoms with Crippen molar-refractivity contribution in [3.63, 3.8) is 0 Å². The zero-order chi connectivity index (χ0) is 13.4. The molecule has 3 rings (SSSR count). The Morgan fingerprint density at radius 1 is 1.16 bits per heavy atom. The van der Waals surface area contributed by atoms with E-state index in [9.17, 15) is 4.39 Å². The quantitative estimate of drug-likeness (QED) is 0.762. The normalized spacial score (nSPS) is 12.8. The van der Waals surface area contributed by atoms with Gasteiger partial charge in [-0.2, -0.15) is 0 Å². The molecule has 0 fully saturated rings. The first-order valence-corrected chi connectivity index (χ1v) is 6.93. The lowest BCUT2D eigenvalue weighted by Crippen LogP contribution is -2.04. The zero-order valence-corrected chi connectivity index (χ0v) is 11.2. The molecule has 1 aromatic heterocycles. The topological polar surface area (TPSA) is 38.9 Å². The smallest absolute Gasteiger partial charge is 0.131 e. The Hall–Kier alpha value is -1.78. The molecule has 19 heavy (non-hydrogen) atoms. The van der Waals surface area contributed by atoms with Crippen LogP contribution in [0.3, 0.4) is 0 Å². The van der Waals surface area contributed by atoms with E-state index < -0.39 is 0 Å². The number of thiazole rings is 1. The van der Waals surface area contributed by atoms with Crippen molar-refractivity contribution in [1.29, 1.82) is 0 Å². The molecule has 2 nitrogen and oxygen atoms in total. The number of aromatic nitrogens is 1. The second kappa shape index (κ2) is 4.72. The van der Waals surface area contributed by atoms with Crippen LogP contribution in [0.5, 0.6) is 0 Å². The van der Waals surface area contributed by atoms with Gasteiger partial charge in [-0.05, 0) is 24.4 Å². The van der Waals surface area contributed by atoms with Crippen molar-refractivity contribution in [1.82, 2.24) is 4.98 Å². The molecule has 0 aliphatic rings. The summed E-state index contributed by atoms with van der Waals surface area (Å²) in [5.41, 5.74) is 7.65. The van der Waals surface area contributed by atoms with Crippen molar-refractivity contribution < 1.29 is 4.39 Å². The van der Waals surface area contributed by atoms with Crippen molar-refractivity contribution in [3.8, 4) is 10.6 Å². The minimum absolute atomic E-state index is 0.0864. The third-order valence-electron chi connectivity index (χ3n) is 3.09. The fourth-order valence-corrected chi connectivity index (χ4v) is 3.03. The third-order valence-corrected chi connectivity index (χ3v) is 3.98. The molecule has 0 bridgehead atoms. The van der Waals surface area contributed by atoms with Gasteiger partial charge in [-0.3, -0.25) is 0 Å². The van der Waals surface area contributed by atoms with Gasteiger partial charge in [0.1, 0.15) is 10.8 Å². The first-order valence-electron chi connectivity index (χ1n) is 6.05. The van der Waals surface area contributed by atoms with E-state index in [0.717, 1.165) is 21.7 Å². The van der Waals surface area contributed by atoms with Crippen molar-refractivity contribution in [3.05, 3.63) is 53.3 Å². The van der Waals surface area contributed by atoms with Gasteiger partial charge < -0.3 is 5.73 Å². The maximum Gasteiger partial charge on any atom is 0.131 e. The molecule has 2 aromatic carbocycles. The lowest BCUT2D eigenvalue weighted by atomic mass is 10.0. The fraction of sp³-hybridized carbons (Fsp3) is 0.133. The second-order valence-corrected chi connectivity index (χ2v) is 5.36. The second-order valence-electron chi connectivity index (χ2n) is 4.51. The standard InChI is InChI=1S/C15H13FN2S/c1-9(17)14-8-19-15(18-14)12-6-7-13(16)11-5-3-2-4-10(11)12/h2-9H,17H2,1H3. The van der Waals surface area contributed by atoms with Crippen LogP contribution in [-0.2, 0) is 0 Å². The molecule has 4 heteroatoms. The minimum Gasteiger partial charge on any atom is -0.323 e. The van der Waals surface area contributed by atoms with Gasteiger partial charge >= 0.3 is 0 Å². The molecular weight excluding hydrogens is 259 g/mol. The van der Waals surface area contributed by atoms with E-state index in [-0.39, 0.29) is 11.9 Å². The van der Waals surface area contributed by atoms with Crippen LogP contribution in [0.25, 0.3) is 21.3 Å². The Morgan fingerprint density at radius 3 is 2.58 bits per heavy atom. The van der Waals surface area contributed by atoms with Crippen LogP contribution in [0.1, 0.15) is 18.7 Å². The number of hydrogen-bond donors (Lipinski definition) is 1. The Kier molecular flexibility index (Phi) is 3.05. The molecular formula is C15H13FN2S. The number of nitrogens with two attached hydrogens (primary N) is 1. The summed E-state index contributed by atoms with van der Waals surface area (Å²) in [6, 6.07) is 10.6. The predicted molar refractivity (Wildman–Crippen MR) is 77.6 cm³/mol. The number of fused-ring (bicyclic) bond motifs is 1. The molecule has 3 aromatic rings. The van der Waals surface area contributed by atoms with Gasteiger partial charge in [0.2, 0.25) is 0 Å². The average Bonchev–Trinajstić information content (AvgIpc) is 2.89. The first kappa shape index (κ1) is 12.3. The van der Waals surface area contributed by atoms with Crippen molar-refractivity contribution in [2.45, 2.75) is 13.0 Å². The van der Waals surface area contributed by atoms with Crippen LogP contribution >= 0.6 is 11.3 Å². The lowest BCUT2D eigenvalue weighted by Gasteiger charge is -2.05. The summed E-state index contributed by atoms with van der Waals surface area (Å²) >= 11 is 1.54. The SMILES string of the molecule is CC(N)c1csc(-c2ccc(F)c3ccccc23)n1. The maximum atomic E-state index is 13.8. The van der Waals surface area contributed by atoms with Gasteiger partial charge in [-0.25, -0.2) is 9.37 Å². The summed E-state index contributed by atoms with van der Waals surface area (Å²) in [5, 5.41) is 4.34. The molecule has 1 heterocycles. The van der Waals surface area contributed by atoms with E-state index in [2.05, 4.69) is 4.98 Å². The van der Waals surface area contributed by atoms with Gasteiger partial charge in [-0.1, -0.05) is 24.3 Å². The molecule has 0 saturated heterocycles. The molecule has 0 radical (unpaired) electrons. The lowest BCUT2D eigenvalue weighted by molar-refractivity contribution is 0.640. The van der Waals surface area contributed by atoms with Crippen LogP contribution in [0, 0.1) is 5.82 Å². The van der Waals surface area contributed by atoms with Crippen LogP contribution in [-0.4, -0.2) is 4.98 Å². The van der Waals surface area contributed by atoms with Crippen molar-refractivity contribution in [2.75, 3.05) is 0 Å². The molecule has 0 saturated carbocycles. The molecule has 0 aliphatic heterocycles. The number of nitrogens with zero attached hydrogens (tertiary/aromatic N) is 1. The van der Waals surface area contributed by atoms with E-state index in [1.54, 1.807) is 12.1 Å². The van der Waals surface area contributed by atoms with Crippen LogP contribution in [0.2, 0.25) is 0 Å². The number of benzene rings is 2. The van der Waals surface area contributed by atoms with E-state index in [1.165, 1.54) is 17.4 Å². The Balaban J connectivity index is 2.22. The highest BCUT2D eigenvalue weighted by molar-refractivity contribution is 7.13. The summed E-state index contributed by atoms with van der Waals surface area (Å²) in [4.78, 5) is 4.53. The van der Waals surface area contributed by atoms with Gasteiger partial charge in [0, 0.05) is 22.4 Å². The third kappa shape index (κ3) is 2.13. The van der Waals surface area contributed by atoms with Crippen LogP contribution in [0.4, 0.5) is 4.39 Å². The molecule has 0 aliphatic carbocycles. The highest BCUT2D eigenvalue weighted by atomic mass is 32.1. The van der Waals surface area contributed by atoms with Gasteiger partial charge in [-0.15, -0.1) is 11.3 Å². The van der Waals surface area contributed by atoms with E-state index >= 15 is 0 Å². The molecule has 2 N–H and O–H groups in total. The van der Waals surface area contributed by atoms with E-state index in [0.29, 0.717) is 5.39 Å². The molecule has 1 unspecified atom stereocenters. The molecule has 0 amide bonds. The summed E-state index contributed by atoms with van der Waals surface area (Å²) in [7, 11) is 0. The van der Waals surface area contributed by atoms with Gasteiger partial charge in [0.05, 0.1) is 5.69 Å². The molecule has 0 spiro atoms. The highest BCUT2D eigenvalue weighted by Gasteiger charge is 2.12. The van der Waals surface area contributed by atoms with Crippen LogP contribution < -0.4 is 5.73 Å². The van der Waals surface area contributed by atoms with E-state index in [4.69, 9.17) is 5.73 Å². The van der Waals surface area contributed by atoms with Crippen molar-refractivity contribution >= 4 is 22.1 Å².